The Hall–Kier alpha value is -1.39. The molecular weight excluding hydrogens is 368 g/mol. The first kappa shape index (κ1) is 12.6. The van der Waals surface area contributed by atoms with Crippen LogP contribution in [0.2, 0.25) is 0 Å². The highest BCUT2D eigenvalue weighted by Crippen LogP contribution is 2.25. The first-order valence-corrected chi connectivity index (χ1v) is 7.38. The number of H-pyrrole nitrogens is 1. The number of halogens is 2. The minimum atomic E-state index is 0.874. The van der Waals surface area contributed by atoms with E-state index in [9.17, 15) is 0 Å². The number of nitrogens with one attached hydrogen (secondary N) is 1. The van der Waals surface area contributed by atoms with E-state index in [-0.39, 0.29) is 0 Å². The molecule has 0 unspecified atom stereocenters. The molecule has 0 aliphatic carbocycles. The van der Waals surface area contributed by atoms with Crippen LogP contribution in [0, 0.1) is 0 Å². The van der Waals surface area contributed by atoms with Crippen molar-refractivity contribution >= 4 is 31.9 Å². The van der Waals surface area contributed by atoms with Crippen LogP contribution >= 0.6 is 31.9 Å². The van der Waals surface area contributed by atoms with Crippen LogP contribution in [-0.4, -0.2) is 9.97 Å². The molecule has 0 aliphatic rings. The van der Waals surface area contributed by atoms with Crippen LogP contribution in [0.15, 0.2) is 63.7 Å². The summed E-state index contributed by atoms with van der Waals surface area (Å²) in [6, 6.07) is 16.2. The average Bonchev–Trinajstić information content (AvgIpc) is 2.89. The second kappa shape index (κ2) is 5.31. The van der Waals surface area contributed by atoms with Gasteiger partial charge >= 0.3 is 0 Å². The quantitative estimate of drug-likeness (QED) is 0.647. The van der Waals surface area contributed by atoms with E-state index in [1.54, 1.807) is 0 Å². The molecule has 0 saturated heterocycles. The van der Waals surface area contributed by atoms with Gasteiger partial charge in [-0.15, -0.1) is 0 Å². The lowest BCUT2D eigenvalue weighted by molar-refractivity contribution is 1.31. The second-order valence-corrected chi connectivity index (χ2v) is 5.99. The van der Waals surface area contributed by atoms with Crippen LogP contribution < -0.4 is 0 Å². The third-order valence-electron chi connectivity index (χ3n) is 2.83. The summed E-state index contributed by atoms with van der Waals surface area (Å²) in [7, 11) is 0. The molecule has 0 spiro atoms. The van der Waals surface area contributed by atoms with Gasteiger partial charge in [0, 0.05) is 14.5 Å². The van der Waals surface area contributed by atoms with Crippen LogP contribution in [0.4, 0.5) is 0 Å². The van der Waals surface area contributed by atoms with Gasteiger partial charge in [0.25, 0.3) is 0 Å². The zero-order valence-corrected chi connectivity index (χ0v) is 13.1. The first-order chi connectivity index (χ1) is 9.22. The normalized spacial score (nSPS) is 10.6. The van der Waals surface area contributed by atoms with Crippen LogP contribution in [-0.2, 0) is 0 Å². The highest BCUT2D eigenvalue weighted by Gasteiger charge is 2.05. The Kier molecular flexibility index (Phi) is 3.53. The molecule has 3 rings (SSSR count). The summed E-state index contributed by atoms with van der Waals surface area (Å²) in [6.45, 7) is 0. The number of aromatic nitrogens is 2. The number of rotatable bonds is 2. The van der Waals surface area contributed by atoms with Crippen LogP contribution in [0.25, 0.3) is 22.6 Å². The number of nitrogens with zero attached hydrogens (tertiary/aromatic N) is 1. The molecule has 3 aromatic rings. The Morgan fingerprint density at radius 1 is 0.842 bits per heavy atom. The van der Waals surface area contributed by atoms with Gasteiger partial charge in [-0.25, -0.2) is 4.98 Å². The Labute approximate surface area is 128 Å². The van der Waals surface area contributed by atoms with Crippen molar-refractivity contribution in [1.29, 1.82) is 0 Å². The topological polar surface area (TPSA) is 28.7 Å². The van der Waals surface area contributed by atoms with Crippen molar-refractivity contribution in [3.05, 3.63) is 63.7 Å². The smallest absolute Gasteiger partial charge is 0.137 e. The molecule has 0 amide bonds. The predicted octanol–water partition coefficient (Wildman–Crippen LogP) is 5.27. The molecule has 1 N–H and O–H groups in total. The van der Waals surface area contributed by atoms with Crippen molar-refractivity contribution in [1.82, 2.24) is 9.97 Å². The molecule has 0 bridgehead atoms. The van der Waals surface area contributed by atoms with E-state index in [1.165, 1.54) is 0 Å². The molecule has 0 saturated carbocycles. The maximum absolute atomic E-state index is 4.44. The molecule has 0 aliphatic heterocycles. The Balaban J connectivity index is 1.97. The van der Waals surface area contributed by atoms with Gasteiger partial charge in [-0.2, -0.15) is 0 Å². The molecular formula is C15H10Br2N2. The number of hydrogen-bond acceptors (Lipinski definition) is 1. The molecule has 94 valence electrons. The van der Waals surface area contributed by atoms with Gasteiger partial charge in [-0.05, 0) is 29.8 Å². The Morgan fingerprint density at radius 2 is 1.63 bits per heavy atom. The predicted molar refractivity (Wildman–Crippen MR) is 84.9 cm³/mol. The molecule has 0 atom stereocenters. The molecule has 0 radical (unpaired) electrons. The van der Waals surface area contributed by atoms with Gasteiger partial charge in [0.1, 0.15) is 5.82 Å². The molecule has 0 fully saturated rings. The maximum atomic E-state index is 4.44. The van der Waals surface area contributed by atoms with E-state index < -0.39 is 0 Å². The van der Waals surface area contributed by atoms with Crippen molar-refractivity contribution in [2.24, 2.45) is 0 Å². The zero-order chi connectivity index (χ0) is 13.2. The third kappa shape index (κ3) is 2.80. The monoisotopic (exact) mass is 376 g/mol. The van der Waals surface area contributed by atoms with E-state index in [2.05, 4.69) is 54.0 Å². The lowest BCUT2D eigenvalue weighted by Crippen LogP contribution is -1.81. The fourth-order valence-electron chi connectivity index (χ4n) is 1.88. The van der Waals surface area contributed by atoms with E-state index in [4.69, 9.17) is 0 Å². The van der Waals surface area contributed by atoms with Gasteiger partial charge in [0.15, 0.2) is 0 Å². The Bertz CT molecular complexity index is 702. The van der Waals surface area contributed by atoms with E-state index >= 15 is 0 Å². The van der Waals surface area contributed by atoms with E-state index in [1.807, 2.05) is 42.6 Å². The summed E-state index contributed by atoms with van der Waals surface area (Å²) in [4.78, 5) is 7.78. The van der Waals surface area contributed by atoms with Crippen LogP contribution in [0.5, 0.6) is 0 Å². The summed E-state index contributed by atoms with van der Waals surface area (Å²) >= 11 is 6.91. The van der Waals surface area contributed by atoms with Gasteiger partial charge in [-0.3, -0.25) is 0 Å². The number of benzene rings is 2. The van der Waals surface area contributed by atoms with Crippen molar-refractivity contribution in [3.63, 3.8) is 0 Å². The van der Waals surface area contributed by atoms with E-state index in [0.29, 0.717) is 0 Å². The molecule has 2 aromatic carbocycles. The summed E-state index contributed by atoms with van der Waals surface area (Å²) in [5.41, 5.74) is 3.21. The number of imidazole rings is 1. The van der Waals surface area contributed by atoms with Crippen molar-refractivity contribution in [2.45, 2.75) is 0 Å². The van der Waals surface area contributed by atoms with Crippen molar-refractivity contribution in [2.75, 3.05) is 0 Å². The second-order valence-electron chi connectivity index (χ2n) is 4.16. The minimum absolute atomic E-state index is 0.874. The third-order valence-corrected chi connectivity index (χ3v) is 3.85. The fourth-order valence-corrected chi connectivity index (χ4v) is 2.54. The van der Waals surface area contributed by atoms with Gasteiger partial charge < -0.3 is 4.98 Å². The average molecular weight is 378 g/mol. The maximum Gasteiger partial charge on any atom is 0.137 e. The molecule has 4 heteroatoms. The first-order valence-electron chi connectivity index (χ1n) is 5.79. The van der Waals surface area contributed by atoms with Gasteiger partial charge in [-0.1, -0.05) is 56.1 Å². The molecule has 1 heterocycles. The van der Waals surface area contributed by atoms with Crippen LogP contribution in [0.3, 0.4) is 0 Å². The van der Waals surface area contributed by atoms with Crippen molar-refractivity contribution in [3.8, 4) is 22.6 Å². The van der Waals surface area contributed by atoms with Gasteiger partial charge in [0.05, 0.1) is 11.9 Å². The lowest BCUT2D eigenvalue weighted by Gasteiger charge is -1.99. The number of hydrogen-bond donors (Lipinski definition) is 1. The molecule has 2 nitrogen and oxygen atoms in total. The summed E-state index contributed by atoms with van der Waals surface area (Å²) in [6.07, 6.45) is 1.86. The summed E-state index contributed by atoms with van der Waals surface area (Å²) in [5, 5.41) is 0. The standard InChI is InChI=1S/C15H10Br2N2/c16-12-6-4-10(5-7-12)14-9-18-15(19-14)11-2-1-3-13(17)8-11/h1-9H,(H,18,19). The van der Waals surface area contributed by atoms with E-state index in [0.717, 1.165) is 31.6 Å². The molecule has 1 aromatic heterocycles. The SMILES string of the molecule is Brc1ccc(-c2cnc(-c3cccc(Br)c3)[nH]2)cc1. The lowest BCUT2D eigenvalue weighted by atomic mass is 10.2. The number of aromatic amines is 1. The van der Waals surface area contributed by atoms with Crippen LogP contribution in [0.1, 0.15) is 0 Å². The van der Waals surface area contributed by atoms with Gasteiger partial charge in [0.2, 0.25) is 0 Å². The largest absolute Gasteiger partial charge is 0.338 e. The van der Waals surface area contributed by atoms with Crippen molar-refractivity contribution < 1.29 is 0 Å². The Morgan fingerprint density at radius 3 is 2.37 bits per heavy atom. The summed E-state index contributed by atoms with van der Waals surface area (Å²) < 4.78 is 2.12. The fraction of sp³-hybridized carbons (Fsp3) is 0. The zero-order valence-electron chi connectivity index (χ0n) is 9.90. The highest BCUT2D eigenvalue weighted by atomic mass is 79.9. The summed E-state index contributed by atoms with van der Waals surface area (Å²) in [5.74, 6) is 0.874. The minimum Gasteiger partial charge on any atom is -0.338 e. The molecule has 19 heavy (non-hydrogen) atoms. The highest BCUT2D eigenvalue weighted by molar-refractivity contribution is 9.10.